The minimum absolute atomic E-state index is 0.00998. The second-order valence-electron chi connectivity index (χ2n) is 12.2. The molecule has 248 valence electrons. The van der Waals surface area contributed by atoms with Crippen LogP contribution in [0.5, 0.6) is 0 Å². The van der Waals surface area contributed by atoms with Crippen molar-refractivity contribution in [3.05, 3.63) is 94.7 Å². The summed E-state index contributed by atoms with van der Waals surface area (Å²) in [6.07, 6.45) is 2.64. The molecule has 1 saturated heterocycles. The van der Waals surface area contributed by atoms with Crippen LogP contribution in [0.3, 0.4) is 0 Å². The van der Waals surface area contributed by atoms with Crippen molar-refractivity contribution in [3.63, 3.8) is 0 Å². The molecule has 1 fully saturated rings. The lowest BCUT2D eigenvalue weighted by Gasteiger charge is -2.37. The number of aliphatic hydroxyl groups excluding tert-OH is 1. The summed E-state index contributed by atoms with van der Waals surface area (Å²) in [4.78, 5) is 32.9. The number of halogens is 2. The average molecular weight is 656 g/mol. The molecule has 3 atom stereocenters. The number of carbonyl (C=O) groups is 2. The van der Waals surface area contributed by atoms with E-state index in [1.54, 1.807) is 42.2 Å². The van der Waals surface area contributed by atoms with Crippen LogP contribution in [0.25, 0.3) is 0 Å². The molecule has 0 saturated carbocycles. The molecule has 0 spiro atoms. The Morgan fingerprint density at radius 1 is 1.02 bits per heavy atom. The standard InChI is InChI=1S/C35H43F2N3O5S/c1-4-12-39(13-5-2)35(43)29-16-24(3)15-27(20-29)32(41)21-28(17-25-18-30(36)22-31(37)19-25)34(42)26-9-8-14-40(23-26)46(44,45)33-10-6-7-11-38-33/h6-7,10-11,15-16,18-20,22,26,28,34,42H,4-5,8-9,12-14,17,21,23H2,1-3H3/t26?,28?,34-/m1/s1. The Labute approximate surface area is 270 Å². The first-order valence-corrected chi connectivity index (χ1v) is 17.3. The average Bonchev–Trinajstić information content (AvgIpc) is 3.03. The number of carbonyl (C=O) groups excluding carboxylic acids is 2. The van der Waals surface area contributed by atoms with Gasteiger partial charge in [0.15, 0.2) is 10.8 Å². The lowest BCUT2D eigenvalue weighted by Crippen LogP contribution is -2.46. The van der Waals surface area contributed by atoms with Crippen LogP contribution in [-0.2, 0) is 16.4 Å². The number of nitrogens with zero attached hydrogens (tertiary/aromatic N) is 3. The van der Waals surface area contributed by atoms with Gasteiger partial charge in [-0.05, 0) is 104 Å². The van der Waals surface area contributed by atoms with Crippen LogP contribution >= 0.6 is 0 Å². The first-order valence-electron chi connectivity index (χ1n) is 15.9. The number of sulfonamides is 1. The molecule has 0 bridgehead atoms. The molecular weight excluding hydrogens is 612 g/mol. The van der Waals surface area contributed by atoms with Crippen molar-refractivity contribution in [2.75, 3.05) is 26.2 Å². The van der Waals surface area contributed by atoms with Crippen molar-refractivity contribution in [1.29, 1.82) is 0 Å². The van der Waals surface area contributed by atoms with Crippen LogP contribution in [-0.4, -0.2) is 71.7 Å². The molecule has 2 unspecified atom stereocenters. The van der Waals surface area contributed by atoms with Crippen LogP contribution in [0.15, 0.2) is 65.8 Å². The summed E-state index contributed by atoms with van der Waals surface area (Å²) in [5.41, 5.74) is 1.71. The topological polar surface area (TPSA) is 108 Å². The maximum Gasteiger partial charge on any atom is 0.260 e. The van der Waals surface area contributed by atoms with Crippen molar-refractivity contribution in [1.82, 2.24) is 14.2 Å². The van der Waals surface area contributed by atoms with E-state index in [4.69, 9.17) is 0 Å². The Morgan fingerprint density at radius 2 is 1.70 bits per heavy atom. The molecule has 2 heterocycles. The van der Waals surface area contributed by atoms with E-state index >= 15 is 0 Å². The van der Waals surface area contributed by atoms with Gasteiger partial charge in [0.1, 0.15) is 11.6 Å². The lowest BCUT2D eigenvalue weighted by molar-refractivity contribution is 0.0231. The number of benzene rings is 2. The first kappa shape index (κ1) is 35.3. The number of piperidine rings is 1. The van der Waals surface area contributed by atoms with E-state index in [-0.39, 0.29) is 48.2 Å². The van der Waals surface area contributed by atoms with Crippen LogP contribution < -0.4 is 0 Å². The normalized spacial score (nSPS) is 17.0. The van der Waals surface area contributed by atoms with E-state index in [0.717, 1.165) is 24.5 Å². The van der Waals surface area contributed by atoms with Gasteiger partial charge in [-0.1, -0.05) is 19.9 Å². The van der Waals surface area contributed by atoms with Crippen molar-refractivity contribution in [2.24, 2.45) is 11.8 Å². The summed E-state index contributed by atoms with van der Waals surface area (Å²) >= 11 is 0. The molecule has 4 rings (SSSR count). The Morgan fingerprint density at radius 3 is 2.33 bits per heavy atom. The molecule has 1 aliphatic rings. The number of aryl methyl sites for hydroxylation is 1. The minimum Gasteiger partial charge on any atom is -0.392 e. The fraction of sp³-hybridized carbons (Fsp3) is 0.457. The third kappa shape index (κ3) is 8.83. The summed E-state index contributed by atoms with van der Waals surface area (Å²) in [6, 6.07) is 12.7. The van der Waals surface area contributed by atoms with Gasteiger partial charge in [0.25, 0.3) is 15.9 Å². The largest absolute Gasteiger partial charge is 0.392 e. The van der Waals surface area contributed by atoms with Crippen LogP contribution in [0, 0.1) is 30.4 Å². The Kier molecular flexibility index (Phi) is 12.2. The molecule has 8 nitrogen and oxygen atoms in total. The van der Waals surface area contributed by atoms with Gasteiger partial charge in [-0.2, -0.15) is 4.31 Å². The minimum atomic E-state index is -3.91. The monoisotopic (exact) mass is 655 g/mol. The highest BCUT2D eigenvalue weighted by Gasteiger charge is 2.37. The second kappa shape index (κ2) is 15.8. The van der Waals surface area contributed by atoms with Gasteiger partial charge < -0.3 is 10.0 Å². The van der Waals surface area contributed by atoms with Crippen LogP contribution in [0.2, 0.25) is 0 Å². The fourth-order valence-corrected chi connectivity index (χ4v) is 7.76. The maximum absolute atomic E-state index is 14.2. The number of pyridine rings is 1. The summed E-state index contributed by atoms with van der Waals surface area (Å²) in [5, 5.41) is 11.6. The quantitative estimate of drug-likeness (QED) is 0.219. The van der Waals surface area contributed by atoms with E-state index in [9.17, 15) is 31.9 Å². The Balaban J connectivity index is 1.61. The predicted octanol–water partition coefficient (Wildman–Crippen LogP) is 5.82. The molecule has 1 N–H and O–H groups in total. The molecule has 11 heteroatoms. The third-order valence-electron chi connectivity index (χ3n) is 8.42. The van der Waals surface area contributed by atoms with E-state index in [0.29, 0.717) is 37.1 Å². The summed E-state index contributed by atoms with van der Waals surface area (Å²) in [7, 11) is -3.91. The Hall–Kier alpha value is -3.54. The Bertz CT molecular complexity index is 1590. The lowest BCUT2D eigenvalue weighted by atomic mass is 9.79. The third-order valence-corrected chi connectivity index (χ3v) is 10.2. The number of ketones is 1. The van der Waals surface area contributed by atoms with Gasteiger partial charge >= 0.3 is 0 Å². The van der Waals surface area contributed by atoms with Gasteiger partial charge in [-0.15, -0.1) is 0 Å². The molecule has 0 radical (unpaired) electrons. The van der Waals surface area contributed by atoms with Crippen molar-refractivity contribution >= 4 is 21.7 Å². The zero-order valence-electron chi connectivity index (χ0n) is 26.7. The van der Waals surface area contributed by atoms with Crippen LogP contribution in [0.4, 0.5) is 8.78 Å². The van der Waals surface area contributed by atoms with E-state index in [1.807, 2.05) is 13.8 Å². The van der Waals surface area contributed by atoms with E-state index in [2.05, 4.69) is 4.98 Å². The van der Waals surface area contributed by atoms with Crippen molar-refractivity contribution in [2.45, 2.75) is 70.4 Å². The summed E-state index contributed by atoms with van der Waals surface area (Å²) < 4.78 is 56.2. The highest BCUT2D eigenvalue weighted by molar-refractivity contribution is 7.89. The fourth-order valence-electron chi connectivity index (χ4n) is 6.29. The summed E-state index contributed by atoms with van der Waals surface area (Å²) in [6.45, 7) is 7.25. The van der Waals surface area contributed by atoms with Crippen LogP contribution in [0.1, 0.15) is 77.8 Å². The second-order valence-corrected chi connectivity index (χ2v) is 14.1. The van der Waals surface area contributed by atoms with Crippen molar-refractivity contribution in [3.8, 4) is 0 Å². The number of hydrogen-bond donors (Lipinski definition) is 1. The first-order chi connectivity index (χ1) is 21.9. The molecule has 46 heavy (non-hydrogen) atoms. The number of Topliss-reactive ketones (excluding diaryl/α,β-unsaturated/α-hetero) is 1. The van der Waals surface area contributed by atoms with Gasteiger partial charge in [-0.25, -0.2) is 22.2 Å². The van der Waals surface area contributed by atoms with Crippen molar-refractivity contribution < 1.29 is 31.9 Å². The molecule has 3 aromatic rings. The van der Waals surface area contributed by atoms with E-state index < -0.39 is 39.6 Å². The number of amides is 1. The van der Waals surface area contributed by atoms with Gasteiger partial charge in [0.05, 0.1) is 6.10 Å². The number of aliphatic hydroxyl groups is 1. The highest BCUT2D eigenvalue weighted by atomic mass is 32.2. The summed E-state index contributed by atoms with van der Waals surface area (Å²) in [5.74, 6) is -3.35. The molecule has 0 aliphatic carbocycles. The molecular formula is C35H43F2N3O5S. The zero-order valence-corrected chi connectivity index (χ0v) is 27.5. The van der Waals surface area contributed by atoms with E-state index in [1.165, 1.54) is 28.7 Å². The SMILES string of the molecule is CCCN(CCC)C(=O)c1cc(C)cc(C(=O)CC(Cc2cc(F)cc(F)c2)[C@H](O)C2CCCN(S(=O)(=O)c3ccccn3)C2)c1. The maximum atomic E-state index is 14.2. The highest BCUT2D eigenvalue weighted by Crippen LogP contribution is 2.31. The molecule has 2 aromatic carbocycles. The van der Waals surface area contributed by atoms with Gasteiger partial charge in [-0.3, -0.25) is 9.59 Å². The number of rotatable bonds is 14. The smallest absolute Gasteiger partial charge is 0.260 e. The number of hydrogen-bond acceptors (Lipinski definition) is 6. The zero-order chi connectivity index (χ0) is 33.4. The molecule has 1 aromatic heterocycles. The molecule has 1 amide bonds. The van der Waals surface area contributed by atoms with Gasteiger partial charge in [0, 0.05) is 56.0 Å². The van der Waals surface area contributed by atoms with Gasteiger partial charge in [0.2, 0.25) is 0 Å². The molecule has 1 aliphatic heterocycles. The predicted molar refractivity (Wildman–Crippen MR) is 172 cm³/mol. The number of aromatic nitrogens is 1.